The number of halogens is 1. The lowest BCUT2D eigenvalue weighted by Crippen LogP contribution is -2.45. The summed E-state index contributed by atoms with van der Waals surface area (Å²) in [6.45, 7) is 4.32. The number of amides is 1. The van der Waals surface area contributed by atoms with Crippen LogP contribution in [0.5, 0.6) is 0 Å². The molecule has 0 atom stereocenters. The van der Waals surface area contributed by atoms with Crippen LogP contribution in [-0.4, -0.2) is 53.4 Å². The molecule has 4 rings (SSSR count). The van der Waals surface area contributed by atoms with Crippen molar-refractivity contribution in [3.05, 3.63) is 47.4 Å². The van der Waals surface area contributed by atoms with Crippen LogP contribution in [0, 0.1) is 5.82 Å². The summed E-state index contributed by atoms with van der Waals surface area (Å²) >= 11 is 1.52. The SMILES string of the molecule is CCOC(=O)N1CCC(NCCc2onc(-c3ccc(F)cc3)c2-c2nccs2)CC1. The van der Waals surface area contributed by atoms with Crippen molar-refractivity contribution in [2.45, 2.75) is 32.2 Å². The molecule has 1 aliphatic heterocycles. The van der Waals surface area contributed by atoms with Gasteiger partial charge in [0.1, 0.15) is 22.3 Å². The highest BCUT2D eigenvalue weighted by Crippen LogP contribution is 2.36. The Hall–Kier alpha value is -2.78. The van der Waals surface area contributed by atoms with Crippen molar-refractivity contribution in [1.82, 2.24) is 20.4 Å². The van der Waals surface area contributed by atoms with E-state index in [4.69, 9.17) is 9.26 Å². The molecule has 3 aromatic rings. The van der Waals surface area contributed by atoms with E-state index in [1.165, 1.54) is 23.5 Å². The first kappa shape index (κ1) is 21.5. The highest BCUT2D eigenvalue weighted by atomic mass is 32.1. The first-order chi connectivity index (χ1) is 15.2. The number of thiazole rings is 1. The molecule has 2 aromatic heterocycles. The van der Waals surface area contributed by atoms with Crippen LogP contribution in [-0.2, 0) is 11.2 Å². The minimum absolute atomic E-state index is 0.232. The van der Waals surface area contributed by atoms with Crippen LogP contribution in [0.25, 0.3) is 21.8 Å². The highest BCUT2D eigenvalue weighted by Gasteiger charge is 2.24. The van der Waals surface area contributed by atoms with Gasteiger partial charge in [0.25, 0.3) is 0 Å². The third kappa shape index (κ3) is 5.11. The van der Waals surface area contributed by atoms with Gasteiger partial charge in [-0.25, -0.2) is 14.2 Å². The average molecular weight is 445 g/mol. The Bertz CT molecular complexity index is 983. The average Bonchev–Trinajstić information content (AvgIpc) is 3.45. The van der Waals surface area contributed by atoms with Crippen molar-refractivity contribution in [1.29, 1.82) is 0 Å². The van der Waals surface area contributed by atoms with Crippen molar-refractivity contribution in [2.75, 3.05) is 26.2 Å². The number of carbonyl (C=O) groups is 1. The van der Waals surface area contributed by atoms with Crippen LogP contribution in [0.3, 0.4) is 0 Å². The molecule has 1 amide bonds. The molecule has 1 aliphatic rings. The number of piperidine rings is 1. The summed E-state index contributed by atoms with van der Waals surface area (Å²) < 4.78 is 24.1. The Morgan fingerprint density at radius 2 is 2.10 bits per heavy atom. The summed E-state index contributed by atoms with van der Waals surface area (Å²) in [4.78, 5) is 18.0. The third-order valence-electron chi connectivity index (χ3n) is 5.33. The number of ether oxygens (including phenoxy) is 1. The second-order valence-electron chi connectivity index (χ2n) is 7.34. The molecule has 1 N–H and O–H groups in total. The number of aromatic nitrogens is 2. The minimum atomic E-state index is -0.290. The van der Waals surface area contributed by atoms with Crippen molar-refractivity contribution in [2.24, 2.45) is 0 Å². The lowest BCUT2D eigenvalue weighted by atomic mass is 10.0. The maximum Gasteiger partial charge on any atom is 0.409 e. The molecule has 0 saturated carbocycles. The van der Waals surface area contributed by atoms with Gasteiger partial charge in [0.05, 0.1) is 12.2 Å². The van der Waals surface area contributed by atoms with E-state index < -0.39 is 0 Å². The molecule has 1 aromatic carbocycles. The van der Waals surface area contributed by atoms with Gasteiger partial charge < -0.3 is 19.5 Å². The normalized spacial score (nSPS) is 14.7. The van der Waals surface area contributed by atoms with Gasteiger partial charge in [-0.05, 0) is 44.0 Å². The predicted octanol–water partition coefficient (Wildman–Crippen LogP) is 4.36. The predicted molar refractivity (Wildman–Crippen MR) is 116 cm³/mol. The van der Waals surface area contributed by atoms with Crippen LogP contribution < -0.4 is 5.32 Å². The molecule has 1 saturated heterocycles. The van der Waals surface area contributed by atoms with Gasteiger partial charge in [0.15, 0.2) is 0 Å². The molecule has 0 radical (unpaired) electrons. The largest absolute Gasteiger partial charge is 0.450 e. The minimum Gasteiger partial charge on any atom is -0.450 e. The van der Waals surface area contributed by atoms with Crippen LogP contribution in [0.1, 0.15) is 25.5 Å². The van der Waals surface area contributed by atoms with Crippen LogP contribution in [0.4, 0.5) is 9.18 Å². The van der Waals surface area contributed by atoms with E-state index in [1.807, 2.05) is 12.3 Å². The van der Waals surface area contributed by atoms with Gasteiger partial charge in [-0.2, -0.15) is 0 Å². The zero-order valence-corrected chi connectivity index (χ0v) is 18.2. The first-order valence-corrected chi connectivity index (χ1v) is 11.3. The standard InChI is InChI=1S/C22H25FN4O3S/c1-2-29-22(28)27-12-8-17(9-13-27)24-10-7-18-19(21-25-11-14-31-21)20(26-30-18)15-3-5-16(23)6-4-15/h3-6,11,14,17,24H,2,7-10,12-13H2,1H3. The highest BCUT2D eigenvalue weighted by molar-refractivity contribution is 7.13. The van der Waals surface area contributed by atoms with E-state index in [0.717, 1.165) is 41.3 Å². The van der Waals surface area contributed by atoms with E-state index in [9.17, 15) is 9.18 Å². The maximum atomic E-state index is 13.3. The fourth-order valence-corrected chi connectivity index (χ4v) is 4.44. The maximum absolute atomic E-state index is 13.3. The second-order valence-corrected chi connectivity index (χ2v) is 8.23. The van der Waals surface area contributed by atoms with Crippen molar-refractivity contribution < 1.29 is 18.4 Å². The van der Waals surface area contributed by atoms with Crippen molar-refractivity contribution >= 4 is 17.4 Å². The number of hydrogen-bond donors (Lipinski definition) is 1. The summed E-state index contributed by atoms with van der Waals surface area (Å²) in [5.74, 6) is 0.465. The summed E-state index contributed by atoms with van der Waals surface area (Å²) in [7, 11) is 0. The van der Waals surface area contributed by atoms with Crippen LogP contribution in [0.2, 0.25) is 0 Å². The molecule has 0 aliphatic carbocycles. The van der Waals surface area contributed by atoms with Crippen LogP contribution in [0.15, 0.2) is 40.4 Å². The molecular formula is C22H25FN4O3S. The van der Waals surface area contributed by atoms with Gasteiger partial charge in [0, 0.05) is 49.2 Å². The lowest BCUT2D eigenvalue weighted by molar-refractivity contribution is 0.0951. The number of carbonyl (C=O) groups excluding carboxylic acids is 1. The fraction of sp³-hybridized carbons (Fsp3) is 0.409. The molecule has 0 spiro atoms. The summed E-state index contributed by atoms with van der Waals surface area (Å²) in [5, 5.41) is 10.6. The molecule has 31 heavy (non-hydrogen) atoms. The Kier molecular flexibility index (Phi) is 6.93. The number of hydrogen-bond acceptors (Lipinski definition) is 7. The first-order valence-electron chi connectivity index (χ1n) is 10.4. The molecule has 164 valence electrons. The molecule has 7 nitrogen and oxygen atoms in total. The smallest absolute Gasteiger partial charge is 0.409 e. The van der Waals surface area contributed by atoms with Crippen molar-refractivity contribution in [3.8, 4) is 21.8 Å². The monoisotopic (exact) mass is 444 g/mol. The van der Waals surface area contributed by atoms with Gasteiger partial charge in [0.2, 0.25) is 0 Å². The Labute approximate surface area is 184 Å². The van der Waals surface area contributed by atoms with E-state index >= 15 is 0 Å². The number of rotatable bonds is 7. The van der Waals surface area contributed by atoms with Crippen LogP contribution >= 0.6 is 11.3 Å². The van der Waals surface area contributed by atoms with E-state index in [-0.39, 0.29) is 11.9 Å². The van der Waals surface area contributed by atoms with E-state index in [0.29, 0.717) is 37.9 Å². The third-order valence-corrected chi connectivity index (χ3v) is 6.12. The zero-order chi connectivity index (χ0) is 21.6. The number of benzene rings is 1. The summed E-state index contributed by atoms with van der Waals surface area (Å²) in [5.41, 5.74) is 2.33. The summed E-state index contributed by atoms with van der Waals surface area (Å²) in [6, 6.07) is 6.57. The molecule has 0 unspecified atom stereocenters. The van der Waals surface area contributed by atoms with Gasteiger partial charge in [-0.3, -0.25) is 0 Å². The quantitative estimate of drug-likeness (QED) is 0.583. The van der Waals surface area contributed by atoms with Gasteiger partial charge >= 0.3 is 6.09 Å². The molecule has 1 fully saturated rings. The molecule has 9 heteroatoms. The Morgan fingerprint density at radius 1 is 1.32 bits per heavy atom. The van der Waals surface area contributed by atoms with E-state index in [1.54, 1.807) is 23.2 Å². The fourth-order valence-electron chi connectivity index (χ4n) is 3.74. The topological polar surface area (TPSA) is 80.5 Å². The summed E-state index contributed by atoms with van der Waals surface area (Å²) in [6.07, 6.45) is 3.94. The second kappa shape index (κ2) is 10.0. The Balaban J connectivity index is 1.39. The van der Waals surface area contributed by atoms with E-state index in [2.05, 4.69) is 15.5 Å². The molecule has 0 bridgehead atoms. The molecule has 3 heterocycles. The Morgan fingerprint density at radius 3 is 2.77 bits per heavy atom. The molecular weight excluding hydrogens is 419 g/mol. The van der Waals surface area contributed by atoms with Gasteiger partial charge in [-0.15, -0.1) is 11.3 Å². The van der Waals surface area contributed by atoms with Gasteiger partial charge in [-0.1, -0.05) is 5.16 Å². The number of nitrogens with one attached hydrogen (secondary N) is 1. The zero-order valence-electron chi connectivity index (χ0n) is 17.3. The number of likely N-dealkylation sites (tertiary alicyclic amines) is 1. The lowest BCUT2D eigenvalue weighted by Gasteiger charge is -2.31. The van der Waals surface area contributed by atoms with Crippen molar-refractivity contribution in [3.63, 3.8) is 0 Å². The number of nitrogens with zero attached hydrogens (tertiary/aromatic N) is 3.